The van der Waals surface area contributed by atoms with Gasteiger partial charge < -0.3 is 30.3 Å². The number of ketones is 1. The molecule has 0 spiro atoms. The van der Waals surface area contributed by atoms with Crippen molar-refractivity contribution < 1.29 is 28.7 Å². The molecule has 1 aromatic carbocycles. The first-order valence-electron chi connectivity index (χ1n) is 20.9. The molecule has 2 aromatic rings. The summed E-state index contributed by atoms with van der Waals surface area (Å²) < 4.78 is 12.1. The molecule has 1 fully saturated rings. The fourth-order valence-corrected chi connectivity index (χ4v) is 9.43. The van der Waals surface area contributed by atoms with Crippen LogP contribution in [0, 0.1) is 29.6 Å². The van der Waals surface area contributed by atoms with Gasteiger partial charge in [-0.15, -0.1) is 11.3 Å². The highest BCUT2D eigenvalue weighted by Crippen LogP contribution is 2.32. The molecule has 1 aliphatic rings. The van der Waals surface area contributed by atoms with E-state index >= 15 is 0 Å². The highest BCUT2D eigenvalue weighted by molar-refractivity contribution is 7.09. The number of carbonyl (C=O) groups is 4. The molecule has 0 radical (unpaired) electrons. The number of thiazole rings is 1. The van der Waals surface area contributed by atoms with E-state index in [9.17, 15) is 19.2 Å². The molecule has 2 heterocycles. The molecule has 0 bridgehead atoms. The molecule has 9 atom stereocenters. The maximum absolute atomic E-state index is 14.4. The van der Waals surface area contributed by atoms with Crippen molar-refractivity contribution in [1.82, 2.24) is 25.0 Å². The van der Waals surface area contributed by atoms with Gasteiger partial charge in [0.25, 0.3) is 0 Å². The summed E-state index contributed by atoms with van der Waals surface area (Å²) in [5.41, 5.74) is 6.92. The number of Topliss-reactive ketones (excluding diaryl/α,β-unsaturated/α-hetero) is 1. The average Bonchev–Trinajstić information content (AvgIpc) is 3.90. The number of methoxy groups -OCH3 is 2. The zero-order valence-electron chi connectivity index (χ0n) is 36.5. The number of rotatable bonds is 24. The van der Waals surface area contributed by atoms with Crippen molar-refractivity contribution in [2.24, 2.45) is 35.3 Å². The third-order valence-corrected chi connectivity index (χ3v) is 13.0. The fraction of sp³-hybridized carbons (Fsp3) is 0.705. The number of hydrogen-bond acceptors (Lipinski definition) is 10. The Kier molecular flexibility index (Phi) is 19.7. The van der Waals surface area contributed by atoms with E-state index < -0.39 is 30.1 Å². The Bertz CT molecular complexity index is 1530. The molecule has 0 aliphatic carbocycles. The first kappa shape index (κ1) is 48.1. The minimum Gasteiger partial charge on any atom is -0.379 e. The van der Waals surface area contributed by atoms with Crippen LogP contribution in [0.15, 0.2) is 41.9 Å². The number of nitrogens with one attached hydrogen (secondary N) is 1. The summed E-state index contributed by atoms with van der Waals surface area (Å²) in [7, 11) is 6.89. The lowest BCUT2D eigenvalue weighted by Crippen LogP contribution is -2.54. The van der Waals surface area contributed by atoms with Gasteiger partial charge in [0.2, 0.25) is 17.7 Å². The number of likely N-dealkylation sites (N-methyl/N-ethyl adjacent to an activating group) is 2. The summed E-state index contributed by atoms with van der Waals surface area (Å²) in [5.74, 6) is -1.44. The summed E-state index contributed by atoms with van der Waals surface area (Å²) in [5, 5.41) is 5.98. The lowest BCUT2D eigenvalue weighted by molar-refractivity contribution is -0.149. The topological polar surface area (TPSA) is 147 Å². The molecule has 0 unspecified atom stereocenters. The van der Waals surface area contributed by atoms with E-state index in [1.807, 2.05) is 87.2 Å². The Morgan fingerprint density at radius 2 is 1.68 bits per heavy atom. The van der Waals surface area contributed by atoms with E-state index in [1.165, 1.54) is 11.3 Å². The highest BCUT2D eigenvalue weighted by Gasteiger charge is 2.43. The molecule has 3 amide bonds. The van der Waals surface area contributed by atoms with Gasteiger partial charge in [-0.1, -0.05) is 85.2 Å². The first-order valence-corrected chi connectivity index (χ1v) is 21.8. The molecule has 3 N–H and O–H groups in total. The van der Waals surface area contributed by atoms with Crippen molar-refractivity contribution in [3.8, 4) is 0 Å². The van der Waals surface area contributed by atoms with Gasteiger partial charge in [0.05, 0.1) is 48.7 Å². The molecule has 320 valence electrons. The smallest absolute Gasteiger partial charge is 0.226 e. The number of aromatic nitrogens is 1. The number of carbonyl (C=O) groups excluding carboxylic acids is 4. The standard InChI is InChI=1S/C44H72N6O6S/c1-12-30(6)40(49(9)44(54)33(28(2)3)26-36(51)39(29(4)5)48(8)23-20-45)37(55-10)27-38(52)50-22-16-19-35(50)41(56-11)31(7)42(53)47-34(43-46-21-24-57-43)25-32-17-14-13-15-18-32/h13-15,17-18,21,24,28-31,33-35,37,39-41H,12,16,19-20,22-23,25-27,45H2,1-11H3,(H,47,53)/t30-,31+,33-,34-,35-,37+,39-,40-,41+/m0/s1. The fourth-order valence-electron chi connectivity index (χ4n) is 8.74. The molecule has 57 heavy (non-hydrogen) atoms. The van der Waals surface area contributed by atoms with Crippen molar-refractivity contribution in [2.75, 3.05) is 47.9 Å². The van der Waals surface area contributed by atoms with E-state index in [0.717, 1.165) is 23.4 Å². The maximum Gasteiger partial charge on any atom is 0.226 e. The molecule has 1 aliphatic heterocycles. The summed E-state index contributed by atoms with van der Waals surface area (Å²) in [6.07, 6.45) is 3.65. The summed E-state index contributed by atoms with van der Waals surface area (Å²) in [6.45, 7) is 15.6. The van der Waals surface area contributed by atoms with E-state index in [4.69, 9.17) is 15.2 Å². The van der Waals surface area contributed by atoms with Crippen LogP contribution in [0.3, 0.4) is 0 Å². The molecule has 1 aromatic heterocycles. The Morgan fingerprint density at radius 1 is 1.00 bits per heavy atom. The number of nitrogens with zero attached hydrogens (tertiary/aromatic N) is 4. The van der Waals surface area contributed by atoms with Crippen molar-refractivity contribution in [3.63, 3.8) is 0 Å². The van der Waals surface area contributed by atoms with Gasteiger partial charge >= 0.3 is 0 Å². The van der Waals surface area contributed by atoms with Crippen LogP contribution in [-0.4, -0.2) is 121 Å². The second-order valence-electron chi connectivity index (χ2n) is 16.7. The van der Waals surface area contributed by atoms with Gasteiger partial charge in [-0.25, -0.2) is 4.98 Å². The minimum atomic E-state index is -0.593. The minimum absolute atomic E-state index is 0.00537. The predicted molar refractivity (Wildman–Crippen MR) is 228 cm³/mol. The predicted octanol–water partition coefficient (Wildman–Crippen LogP) is 5.61. The molecule has 13 heteroatoms. The van der Waals surface area contributed by atoms with Gasteiger partial charge in [0.15, 0.2) is 5.78 Å². The summed E-state index contributed by atoms with van der Waals surface area (Å²) in [4.78, 5) is 66.6. The van der Waals surface area contributed by atoms with Crippen molar-refractivity contribution >= 4 is 34.8 Å². The van der Waals surface area contributed by atoms with Gasteiger partial charge in [-0.2, -0.15) is 0 Å². The van der Waals surface area contributed by atoms with Crippen LogP contribution in [0.25, 0.3) is 0 Å². The summed E-state index contributed by atoms with van der Waals surface area (Å²) in [6, 6.07) is 8.66. The third kappa shape index (κ3) is 12.9. The second-order valence-corrected chi connectivity index (χ2v) is 17.6. The summed E-state index contributed by atoms with van der Waals surface area (Å²) >= 11 is 1.51. The Hall–Kier alpha value is -3.23. The van der Waals surface area contributed by atoms with Gasteiger partial charge in [-0.3, -0.25) is 24.1 Å². The van der Waals surface area contributed by atoms with Crippen LogP contribution in [0.2, 0.25) is 0 Å². The van der Waals surface area contributed by atoms with E-state index in [1.54, 1.807) is 32.4 Å². The molecule has 0 saturated carbocycles. The number of nitrogens with two attached hydrogens (primary N) is 1. The van der Waals surface area contributed by atoms with Crippen molar-refractivity contribution in [2.45, 2.75) is 123 Å². The van der Waals surface area contributed by atoms with Crippen molar-refractivity contribution in [1.29, 1.82) is 0 Å². The van der Waals surface area contributed by atoms with Crippen LogP contribution < -0.4 is 11.1 Å². The average molecular weight is 813 g/mol. The molecule has 3 rings (SSSR count). The molecule has 1 saturated heterocycles. The largest absolute Gasteiger partial charge is 0.379 e. The van der Waals surface area contributed by atoms with Gasteiger partial charge in [0.1, 0.15) is 5.01 Å². The molecular weight excluding hydrogens is 741 g/mol. The van der Waals surface area contributed by atoms with Gasteiger partial charge in [0, 0.05) is 64.8 Å². The first-order chi connectivity index (χ1) is 27.1. The van der Waals surface area contributed by atoms with E-state index in [0.29, 0.717) is 32.5 Å². The van der Waals surface area contributed by atoms with Crippen LogP contribution >= 0.6 is 11.3 Å². The third-order valence-electron chi connectivity index (χ3n) is 12.1. The lowest BCUT2D eigenvalue weighted by Gasteiger charge is -2.41. The van der Waals surface area contributed by atoms with Crippen LogP contribution in [-0.2, 0) is 35.1 Å². The number of hydrogen-bond donors (Lipinski definition) is 2. The Labute approximate surface area is 346 Å². The van der Waals surface area contributed by atoms with Gasteiger partial charge in [-0.05, 0) is 49.6 Å². The molecular formula is C44H72N6O6S. The zero-order chi connectivity index (χ0) is 42.4. The number of amides is 3. The molecule has 12 nitrogen and oxygen atoms in total. The Balaban J connectivity index is 1.79. The van der Waals surface area contributed by atoms with Crippen molar-refractivity contribution in [3.05, 3.63) is 52.5 Å². The number of ether oxygens (including phenoxy) is 2. The van der Waals surface area contributed by atoms with Crippen LogP contribution in [0.1, 0.15) is 97.2 Å². The van der Waals surface area contributed by atoms with Crippen LogP contribution in [0.4, 0.5) is 0 Å². The monoisotopic (exact) mass is 813 g/mol. The second kappa shape index (κ2) is 23.4. The Morgan fingerprint density at radius 3 is 2.23 bits per heavy atom. The zero-order valence-corrected chi connectivity index (χ0v) is 37.3. The SMILES string of the molecule is CC[C@H](C)[C@@H]([C@@H](CC(=O)N1CCC[C@H]1[C@H](OC)[C@@H](C)C(=O)N[C@@H](Cc1ccccc1)c1nccs1)OC)N(C)C(=O)[C@@H](CC(=O)[C@H](C(C)C)N(C)CCN)C(C)C. The maximum atomic E-state index is 14.4. The number of likely N-dealkylation sites (tertiary alicyclic amines) is 1. The lowest BCUT2D eigenvalue weighted by atomic mass is 9.83. The highest BCUT2D eigenvalue weighted by atomic mass is 32.1. The quantitative estimate of drug-likeness (QED) is 0.138. The normalized spacial score (nSPS) is 18.9. The number of benzene rings is 1. The van der Waals surface area contributed by atoms with E-state index in [-0.39, 0.29) is 72.2 Å². The van der Waals surface area contributed by atoms with E-state index in [2.05, 4.69) is 24.1 Å². The van der Waals surface area contributed by atoms with Crippen LogP contribution in [0.5, 0.6) is 0 Å².